The number of methoxy groups -OCH3 is 1. The van der Waals surface area contributed by atoms with E-state index in [0.717, 1.165) is 6.54 Å². The molecule has 0 aliphatic heterocycles. The van der Waals surface area contributed by atoms with Gasteiger partial charge in [0.25, 0.3) is 5.91 Å². The van der Waals surface area contributed by atoms with Crippen LogP contribution >= 0.6 is 0 Å². The molecule has 3 heteroatoms. The Bertz CT molecular complexity index is 172. The summed E-state index contributed by atoms with van der Waals surface area (Å²) in [4.78, 5) is 13.3. The molecule has 0 aromatic rings. The minimum atomic E-state index is -0.340. The van der Waals surface area contributed by atoms with Crippen molar-refractivity contribution in [3.63, 3.8) is 0 Å². The monoisotopic (exact) mass is 187 g/mol. The summed E-state index contributed by atoms with van der Waals surface area (Å²) in [5.74, 6) is 0.0393. The quantitative estimate of drug-likeness (QED) is 0.670. The van der Waals surface area contributed by atoms with Crippen LogP contribution in [0.3, 0.4) is 0 Å². The van der Waals surface area contributed by atoms with E-state index in [0.29, 0.717) is 0 Å². The molecular weight excluding hydrogens is 166 g/mol. The molecule has 0 heterocycles. The normalized spacial score (nSPS) is 14.0. The Kier molecular flexibility index (Phi) is 4.40. The van der Waals surface area contributed by atoms with Crippen molar-refractivity contribution in [2.75, 3.05) is 20.7 Å². The lowest BCUT2D eigenvalue weighted by molar-refractivity contribution is -0.140. The van der Waals surface area contributed by atoms with Crippen molar-refractivity contribution in [1.82, 2.24) is 4.90 Å². The summed E-state index contributed by atoms with van der Waals surface area (Å²) < 4.78 is 4.96. The van der Waals surface area contributed by atoms with Gasteiger partial charge in [0.1, 0.15) is 6.10 Å². The maximum atomic E-state index is 11.6. The number of hydrogen-bond acceptors (Lipinski definition) is 2. The van der Waals surface area contributed by atoms with Crippen molar-refractivity contribution in [1.29, 1.82) is 0 Å². The van der Waals surface area contributed by atoms with Crippen molar-refractivity contribution in [2.24, 2.45) is 5.41 Å². The van der Waals surface area contributed by atoms with Crippen LogP contribution < -0.4 is 0 Å². The van der Waals surface area contributed by atoms with E-state index in [1.165, 1.54) is 0 Å². The number of likely N-dealkylation sites (N-methyl/N-ethyl adjacent to an activating group) is 1. The van der Waals surface area contributed by atoms with Crippen LogP contribution in [0.1, 0.15) is 27.7 Å². The smallest absolute Gasteiger partial charge is 0.251 e. The average Bonchev–Trinajstić information content (AvgIpc) is 1.98. The predicted molar refractivity (Wildman–Crippen MR) is 53.6 cm³/mol. The first-order valence-electron chi connectivity index (χ1n) is 4.55. The summed E-state index contributed by atoms with van der Waals surface area (Å²) in [6.07, 6.45) is -0.340. The van der Waals surface area contributed by atoms with Crippen LogP contribution in [0.5, 0.6) is 0 Å². The lowest BCUT2D eigenvalue weighted by atomic mass is 9.96. The fourth-order valence-electron chi connectivity index (χ4n) is 1.20. The molecule has 3 nitrogen and oxygen atoms in total. The van der Waals surface area contributed by atoms with Gasteiger partial charge in [-0.25, -0.2) is 0 Å². The van der Waals surface area contributed by atoms with Crippen molar-refractivity contribution >= 4 is 5.91 Å². The summed E-state index contributed by atoms with van der Waals surface area (Å²) in [5.41, 5.74) is 0.137. The third-order valence-corrected chi connectivity index (χ3v) is 1.79. The number of ether oxygens (including phenoxy) is 1. The minimum absolute atomic E-state index is 0.0393. The second-order valence-electron chi connectivity index (χ2n) is 4.63. The number of hydrogen-bond donors (Lipinski definition) is 0. The van der Waals surface area contributed by atoms with Crippen LogP contribution in [-0.2, 0) is 9.53 Å². The molecule has 0 rings (SSSR count). The van der Waals surface area contributed by atoms with Crippen LogP contribution in [0.15, 0.2) is 0 Å². The van der Waals surface area contributed by atoms with Crippen molar-refractivity contribution in [3.8, 4) is 0 Å². The third kappa shape index (κ3) is 4.88. The van der Waals surface area contributed by atoms with Gasteiger partial charge in [-0.15, -0.1) is 0 Å². The third-order valence-electron chi connectivity index (χ3n) is 1.79. The summed E-state index contributed by atoms with van der Waals surface area (Å²) in [6, 6.07) is 0. The Morgan fingerprint density at radius 1 is 1.46 bits per heavy atom. The first-order chi connectivity index (χ1) is 5.78. The molecule has 0 spiro atoms. The number of carbonyl (C=O) groups excluding carboxylic acids is 1. The highest BCUT2D eigenvalue weighted by Crippen LogP contribution is 2.14. The molecule has 0 aromatic heterocycles. The van der Waals surface area contributed by atoms with Crippen LogP contribution in [0.4, 0.5) is 0 Å². The molecule has 0 radical (unpaired) electrons. The molecule has 78 valence electrons. The highest BCUT2D eigenvalue weighted by molar-refractivity contribution is 5.80. The number of amides is 1. The SMILES string of the molecule is COC(C)C(=O)N(C)CC(C)(C)C. The molecule has 0 aliphatic carbocycles. The fraction of sp³-hybridized carbons (Fsp3) is 0.900. The topological polar surface area (TPSA) is 29.5 Å². The molecule has 1 unspecified atom stereocenters. The lowest BCUT2D eigenvalue weighted by Gasteiger charge is -2.28. The predicted octanol–water partition coefficient (Wildman–Crippen LogP) is 1.53. The standard InChI is InChI=1S/C10H21NO2/c1-8(13-6)9(12)11(5)7-10(2,3)4/h8H,7H2,1-6H3. The summed E-state index contributed by atoms with van der Waals surface area (Å²) in [6.45, 7) is 8.83. The Morgan fingerprint density at radius 2 is 1.92 bits per heavy atom. The van der Waals surface area contributed by atoms with Gasteiger partial charge < -0.3 is 9.64 Å². The zero-order chi connectivity index (χ0) is 10.6. The van der Waals surface area contributed by atoms with Gasteiger partial charge in [0.15, 0.2) is 0 Å². The molecule has 0 fully saturated rings. The molecule has 0 N–H and O–H groups in total. The first kappa shape index (κ1) is 12.4. The summed E-state index contributed by atoms with van der Waals surface area (Å²) in [5, 5.41) is 0. The van der Waals surface area contributed by atoms with Gasteiger partial charge in [-0.3, -0.25) is 4.79 Å². The van der Waals surface area contributed by atoms with Crippen LogP contribution in [-0.4, -0.2) is 37.6 Å². The Hall–Kier alpha value is -0.570. The zero-order valence-corrected chi connectivity index (χ0v) is 9.55. The van der Waals surface area contributed by atoms with Gasteiger partial charge in [0, 0.05) is 20.7 Å². The molecule has 0 aromatic carbocycles. The zero-order valence-electron chi connectivity index (χ0n) is 9.55. The van der Waals surface area contributed by atoms with Gasteiger partial charge in [0.05, 0.1) is 0 Å². The molecule has 13 heavy (non-hydrogen) atoms. The van der Waals surface area contributed by atoms with E-state index in [1.807, 2.05) is 7.05 Å². The average molecular weight is 187 g/mol. The van der Waals surface area contributed by atoms with Crippen LogP contribution in [0.25, 0.3) is 0 Å². The molecule has 1 amide bonds. The van der Waals surface area contributed by atoms with E-state index in [4.69, 9.17) is 4.74 Å². The number of nitrogens with zero attached hydrogens (tertiary/aromatic N) is 1. The minimum Gasteiger partial charge on any atom is -0.372 e. The molecule has 0 saturated carbocycles. The highest BCUT2D eigenvalue weighted by atomic mass is 16.5. The van der Waals surface area contributed by atoms with E-state index in [-0.39, 0.29) is 17.4 Å². The highest BCUT2D eigenvalue weighted by Gasteiger charge is 2.21. The molecular formula is C10H21NO2. The Labute approximate surface area is 81.1 Å². The van der Waals surface area contributed by atoms with E-state index < -0.39 is 0 Å². The number of rotatable bonds is 3. The molecule has 0 saturated heterocycles. The van der Waals surface area contributed by atoms with Crippen molar-refractivity contribution in [3.05, 3.63) is 0 Å². The Balaban J connectivity index is 4.12. The second kappa shape index (κ2) is 4.61. The summed E-state index contributed by atoms with van der Waals surface area (Å²) in [7, 11) is 3.36. The van der Waals surface area contributed by atoms with Crippen LogP contribution in [0.2, 0.25) is 0 Å². The van der Waals surface area contributed by atoms with Gasteiger partial charge in [-0.1, -0.05) is 20.8 Å². The first-order valence-corrected chi connectivity index (χ1v) is 4.55. The van der Waals surface area contributed by atoms with Gasteiger partial charge in [-0.05, 0) is 12.3 Å². The van der Waals surface area contributed by atoms with E-state index in [1.54, 1.807) is 18.9 Å². The van der Waals surface area contributed by atoms with Gasteiger partial charge >= 0.3 is 0 Å². The number of carbonyl (C=O) groups is 1. The maximum absolute atomic E-state index is 11.6. The molecule has 0 aliphatic rings. The van der Waals surface area contributed by atoms with Crippen molar-refractivity contribution in [2.45, 2.75) is 33.8 Å². The Morgan fingerprint density at radius 3 is 2.23 bits per heavy atom. The largest absolute Gasteiger partial charge is 0.372 e. The van der Waals surface area contributed by atoms with Crippen LogP contribution in [0, 0.1) is 5.41 Å². The lowest BCUT2D eigenvalue weighted by Crippen LogP contribution is -2.40. The summed E-state index contributed by atoms with van der Waals surface area (Å²) >= 11 is 0. The molecule has 0 bridgehead atoms. The van der Waals surface area contributed by atoms with Gasteiger partial charge in [0.2, 0.25) is 0 Å². The van der Waals surface area contributed by atoms with E-state index in [2.05, 4.69) is 20.8 Å². The second-order valence-corrected chi connectivity index (χ2v) is 4.63. The van der Waals surface area contributed by atoms with Crippen molar-refractivity contribution < 1.29 is 9.53 Å². The van der Waals surface area contributed by atoms with Gasteiger partial charge in [-0.2, -0.15) is 0 Å². The van der Waals surface area contributed by atoms with E-state index in [9.17, 15) is 4.79 Å². The molecule has 1 atom stereocenters. The van der Waals surface area contributed by atoms with E-state index >= 15 is 0 Å². The fourth-order valence-corrected chi connectivity index (χ4v) is 1.20. The maximum Gasteiger partial charge on any atom is 0.251 e.